The zero-order valence-electron chi connectivity index (χ0n) is 21.5. The highest BCUT2D eigenvalue weighted by molar-refractivity contribution is 7.89. The summed E-state index contributed by atoms with van der Waals surface area (Å²) < 4.78 is 36.0. The van der Waals surface area contributed by atoms with Crippen LogP contribution in [0, 0.1) is 30.1 Å². The number of ether oxygens (including phenoxy) is 1. The summed E-state index contributed by atoms with van der Waals surface area (Å²) in [7, 11) is -4.13. The number of sulfonamides is 1. The summed E-state index contributed by atoms with van der Waals surface area (Å²) >= 11 is 0. The van der Waals surface area contributed by atoms with Crippen LogP contribution < -0.4 is 9.46 Å². The van der Waals surface area contributed by atoms with Crippen LogP contribution in [0.1, 0.15) is 29.3 Å². The number of carboxylic acid groups (broad SMARTS) is 1. The van der Waals surface area contributed by atoms with Crippen LogP contribution in [-0.4, -0.2) is 36.7 Å². The van der Waals surface area contributed by atoms with E-state index in [4.69, 9.17) is 4.74 Å². The predicted molar refractivity (Wildman–Crippen MR) is 148 cm³/mol. The molecule has 9 heteroatoms. The number of hydrogen-bond acceptors (Lipinski definition) is 5. The Morgan fingerprint density at radius 3 is 2.54 bits per heavy atom. The van der Waals surface area contributed by atoms with Crippen LogP contribution in [0.25, 0.3) is 10.9 Å². The maximum Gasteiger partial charge on any atom is 0.322 e. The van der Waals surface area contributed by atoms with Crippen molar-refractivity contribution in [3.63, 3.8) is 0 Å². The number of benzene rings is 3. The Labute approximate surface area is 227 Å². The van der Waals surface area contributed by atoms with Crippen molar-refractivity contribution in [2.45, 2.75) is 37.8 Å². The van der Waals surface area contributed by atoms with Crippen molar-refractivity contribution in [3.05, 3.63) is 95.2 Å². The van der Waals surface area contributed by atoms with Gasteiger partial charge in [0.15, 0.2) is 0 Å². The molecule has 0 unspecified atom stereocenters. The lowest BCUT2D eigenvalue weighted by Crippen LogP contribution is -2.42. The number of aliphatic carboxylic acids is 1. The largest absolute Gasteiger partial charge is 0.481 e. The van der Waals surface area contributed by atoms with Crippen LogP contribution in [0.5, 0.6) is 5.75 Å². The molecule has 4 aromatic rings. The normalized spacial score (nSPS) is 11.8. The lowest BCUT2D eigenvalue weighted by molar-refractivity contribution is -0.138. The highest BCUT2D eigenvalue weighted by atomic mass is 32.2. The minimum atomic E-state index is -4.13. The molecule has 1 heterocycles. The van der Waals surface area contributed by atoms with Crippen LogP contribution in [0.15, 0.2) is 77.7 Å². The summed E-state index contributed by atoms with van der Waals surface area (Å²) in [4.78, 5) is 12.2. The van der Waals surface area contributed by atoms with Crippen molar-refractivity contribution in [1.29, 1.82) is 5.26 Å². The van der Waals surface area contributed by atoms with E-state index in [1.54, 1.807) is 13.0 Å². The number of hydrogen-bond donors (Lipinski definition) is 2. The van der Waals surface area contributed by atoms with Crippen molar-refractivity contribution in [3.8, 4) is 23.7 Å². The first-order valence-electron chi connectivity index (χ1n) is 12.2. The van der Waals surface area contributed by atoms with Gasteiger partial charge < -0.3 is 14.4 Å². The standard InChI is InChI=1S/C30H27N3O5S/c1-3-4-16-38-24-12-14-25(15-13-24)39(36,37)32-28(30(34)35)18-27-21(2)33(29-11-6-5-10-26(27)29)20-23-9-7-8-22(17-23)19-31/h5-15,17,28,32H,16,18,20H2,1-2H3,(H,34,35)/t28-/m0/s1. The number of fused-ring (bicyclic) bond motifs is 1. The number of nitrogens with zero attached hydrogens (tertiary/aromatic N) is 2. The summed E-state index contributed by atoms with van der Waals surface area (Å²) in [6.45, 7) is 4.23. The predicted octanol–water partition coefficient (Wildman–Crippen LogP) is 4.25. The van der Waals surface area contributed by atoms with E-state index in [1.165, 1.54) is 24.3 Å². The third-order valence-corrected chi connectivity index (χ3v) is 7.87. The lowest BCUT2D eigenvalue weighted by Gasteiger charge is -2.16. The molecular formula is C30H27N3O5S. The number of aromatic nitrogens is 1. The quantitative estimate of drug-likeness (QED) is 0.290. The Morgan fingerprint density at radius 1 is 1.10 bits per heavy atom. The van der Waals surface area contributed by atoms with Gasteiger partial charge in [-0.1, -0.05) is 36.3 Å². The number of nitriles is 1. The third-order valence-electron chi connectivity index (χ3n) is 6.38. The molecule has 4 rings (SSSR count). The van der Waals surface area contributed by atoms with E-state index in [-0.39, 0.29) is 17.9 Å². The lowest BCUT2D eigenvalue weighted by atomic mass is 10.0. The second-order valence-electron chi connectivity index (χ2n) is 8.88. The zero-order valence-corrected chi connectivity index (χ0v) is 22.3. The average molecular weight is 542 g/mol. The minimum Gasteiger partial charge on any atom is -0.481 e. The Balaban J connectivity index is 1.62. The highest BCUT2D eigenvalue weighted by Gasteiger charge is 2.28. The van der Waals surface area contributed by atoms with Crippen molar-refractivity contribution in [2.75, 3.05) is 6.61 Å². The monoisotopic (exact) mass is 541 g/mol. The molecule has 0 amide bonds. The number of nitrogens with one attached hydrogen (secondary N) is 1. The molecule has 0 aliphatic rings. The molecule has 0 spiro atoms. The van der Waals surface area contributed by atoms with E-state index >= 15 is 0 Å². The SMILES string of the molecule is CC#CCOc1ccc(S(=O)(=O)N[C@@H](Cc2c(C)n(Cc3cccc(C#N)c3)c3ccccc23)C(=O)O)cc1. The van der Waals surface area contributed by atoms with Crippen LogP contribution >= 0.6 is 0 Å². The minimum absolute atomic E-state index is 0.0526. The topological polar surface area (TPSA) is 121 Å². The van der Waals surface area contributed by atoms with Crippen LogP contribution in [0.3, 0.4) is 0 Å². The summed E-state index contributed by atoms with van der Waals surface area (Å²) in [5.74, 6) is 4.64. The van der Waals surface area contributed by atoms with Crippen LogP contribution in [0.4, 0.5) is 0 Å². The van der Waals surface area contributed by atoms with E-state index in [0.717, 1.165) is 27.7 Å². The van der Waals surface area contributed by atoms with Gasteiger partial charge in [0.25, 0.3) is 0 Å². The highest BCUT2D eigenvalue weighted by Crippen LogP contribution is 2.28. The van der Waals surface area contributed by atoms with Crippen molar-refractivity contribution < 1.29 is 23.1 Å². The second-order valence-corrected chi connectivity index (χ2v) is 10.6. The van der Waals surface area contributed by atoms with E-state index in [9.17, 15) is 23.6 Å². The molecule has 0 saturated carbocycles. The van der Waals surface area contributed by atoms with Gasteiger partial charge in [0.05, 0.1) is 16.5 Å². The smallest absolute Gasteiger partial charge is 0.322 e. The Kier molecular flexibility index (Phi) is 8.36. The molecule has 1 aromatic heterocycles. The molecule has 0 radical (unpaired) electrons. The molecule has 39 heavy (non-hydrogen) atoms. The van der Waals surface area contributed by atoms with Gasteiger partial charge in [0.1, 0.15) is 18.4 Å². The van der Waals surface area contributed by atoms with E-state index in [0.29, 0.717) is 17.9 Å². The second kappa shape index (κ2) is 11.9. The van der Waals surface area contributed by atoms with E-state index in [2.05, 4.69) is 27.2 Å². The third kappa shape index (κ3) is 6.29. The molecule has 0 fully saturated rings. The Hall–Kier alpha value is -4.57. The Bertz CT molecular complexity index is 1720. The van der Waals surface area contributed by atoms with Gasteiger partial charge in [-0.15, -0.1) is 5.92 Å². The molecule has 0 bridgehead atoms. The molecule has 198 valence electrons. The molecule has 0 aliphatic carbocycles. The molecule has 2 N–H and O–H groups in total. The molecular weight excluding hydrogens is 514 g/mol. The van der Waals surface area contributed by atoms with Crippen molar-refractivity contribution in [2.24, 2.45) is 0 Å². The molecule has 3 aromatic carbocycles. The number of carbonyl (C=O) groups is 1. The zero-order chi connectivity index (χ0) is 28.0. The van der Waals surface area contributed by atoms with Gasteiger partial charge in [0.2, 0.25) is 10.0 Å². The fraction of sp³-hybridized carbons (Fsp3) is 0.200. The first-order valence-corrected chi connectivity index (χ1v) is 13.6. The first kappa shape index (κ1) is 27.5. The van der Waals surface area contributed by atoms with Gasteiger partial charge in [-0.25, -0.2) is 8.42 Å². The van der Waals surface area contributed by atoms with Crippen molar-refractivity contribution in [1.82, 2.24) is 9.29 Å². The molecule has 8 nitrogen and oxygen atoms in total. The number of carboxylic acids is 1. The maximum atomic E-state index is 13.1. The van der Waals surface area contributed by atoms with E-state index < -0.39 is 22.0 Å². The summed E-state index contributed by atoms with van der Waals surface area (Å²) in [5.41, 5.74) is 3.92. The van der Waals surface area contributed by atoms with Gasteiger partial charge in [0, 0.05) is 29.6 Å². The maximum absolute atomic E-state index is 13.1. The van der Waals surface area contributed by atoms with Gasteiger partial charge in [-0.2, -0.15) is 9.98 Å². The van der Waals surface area contributed by atoms with Crippen molar-refractivity contribution >= 4 is 26.9 Å². The van der Waals surface area contributed by atoms with Crippen LogP contribution in [-0.2, 0) is 27.8 Å². The Morgan fingerprint density at radius 2 is 1.85 bits per heavy atom. The fourth-order valence-electron chi connectivity index (χ4n) is 4.43. The first-order chi connectivity index (χ1) is 18.7. The van der Waals surface area contributed by atoms with E-state index in [1.807, 2.05) is 49.4 Å². The summed E-state index contributed by atoms with van der Waals surface area (Å²) in [5, 5.41) is 20.1. The summed E-state index contributed by atoms with van der Waals surface area (Å²) in [6, 6.07) is 21.4. The number of para-hydroxylation sites is 1. The molecule has 0 saturated heterocycles. The van der Waals surface area contributed by atoms with Gasteiger partial charge in [-0.05, 0) is 67.4 Å². The van der Waals surface area contributed by atoms with Gasteiger partial charge in [-0.3, -0.25) is 4.79 Å². The number of rotatable bonds is 10. The molecule has 1 atom stereocenters. The van der Waals surface area contributed by atoms with Gasteiger partial charge >= 0.3 is 5.97 Å². The molecule has 0 aliphatic heterocycles. The summed E-state index contributed by atoms with van der Waals surface area (Å²) in [6.07, 6.45) is -0.0526. The average Bonchev–Trinajstić information content (AvgIpc) is 3.19. The fourth-order valence-corrected chi connectivity index (χ4v) is 5.62. The van der Waals surface area contributed by atoms with Crippen LogP contribution in [0.2, 0.25) is 0 Å².